The number of fused-ring (bicyclic) bond motifs is 3. The summed E-state index contributed by atoms with van der Waals surface area (Å²) in [6, 6.07) is 14.6. The summed E-state index contributed by atoms with van der Waals surface area (Å²) in [5, 5.41) is 13.9. The van der Waals surface area contributed by atoms with Crippen LogP contribution < -0.4 is 10.4 Å². The van der Waals surface area contributed by atoms with E-state index in [2.05, 4.69) is 14.7 Å². The molecule has 0 atom stereocenters. The summed E-state index contributed by atoms with van der Waals surface area (Å²) in [4.78, 5) is 27.4. The van der Waals surface area contributed by atoms with Gasteiger partial charge in [0.2, 0.25) is 5.76 Å². The average Bonchev–Trinajstić information content (AvgIpc) is 3.28. The molecule has 1 aromatic heterocycles. The van der Waals surface area contributed by atoms with Gasteiger partial charge >= 0.3 is 6.18 Å². The number of carboxylic acids is 1. The van der Waals surface area contributed by atoms with Crippen molar-refractivity contribution in [1.82, 2.24) is 4.98 Å². The molecule has 3 fully saturated rings. The molecule has 1 amide bonds. The second-order valence-electron chi connectivity index (χ2n) is 9.37. The molecule has 1 saturated carbocycles. The molecule has 2 aromatic carbocycles. The number of alkyl halides is 3. The van der Waals surface area contributed by atoms with Crippen LogP contribution in [-0.2, 0) is 21.1 Å². The number of rotatable bonds is 5. The minimum atomic E-state index is -4.83. The van der Waals surface area contributed by atoms with Crippen LogP contribution in [0.2, 0.25) is 0 Å². The maximum Gasteiger partial charge on any atom is 0.452 e. The van der Waals surface area contributed by atoms with E-state index in [1.54, 1.807) is 24.3 Å². The normalized spacial score (nSPS) is 23.4. The van der Waals surface area contributed by atoms with Gasteiger partial charge in [-0.15, -0.1) is 0 Å². The zero-order valence-electron chi connectivity index (χ0n) is 19.3. The SMILES string of the molecule is Cc1nc(C(=O)Nc2ccc(-c3ccc(C45CCC(C(=O)[O-])(CC4)OC5)cc3)cc2)c(C(F)(F)F)o1. The van der Waals surface area contributed by atoms with E-state index in [4.69, 9.17) is 4.74 Å². The quantitative estimate of drug-likeness (QED) is 0.563. The summed E-state index contributed by atoms with van der Waals surface area (Å²) in [7, 11) is 0. The first kappa shape index (κ1) is 24.1. The molecule has 0 radical (unpaired) electrons. The lowest BCUT2D eigenvalue weighted by molar-refractivity contribution is -0.336. The monoisotopic (exact) mass is 499 g/mol. The van der Waals surface area contributed by atoms with Gasteiger partial charge in [0.05, 0.1) is 12.6 Å². The van der Waals surface area contributed by atoms with Crippen molar-refractivity contribution in [2.45, 2.75) is 49.8 Å². The predicted octanol–water partition coefficient (Wildman–Crippen LogP) is 4.25. The second-order valence-corrected chi connectivity index (χ2v) is 9.37. The van der Waals surface area contributed by atoms with E-state index in [0.717, 1.165) is 29.5 Å². The van der Waals surface area contributed by atoms with E-state index in [0.29, 0.717) is 25.1 Å². The van der Waals surface area contributed by atoms with Gasteiger partial charge in [0, 0.05) is 18.0 Å². The van der Waals surface area contributed by atoms with Crippen molar-refractivity contribution in [2.24, 2.45) is 0 Å². The van der Waals surface area contributed by atoms with Gasteiger partial charge in [-0.2, -0.15) is 13.2 Å². The highest BCUT2D eigenvalue weighted by Crippen LogP contribution is 2.50. The van der Waals surface area contributed by atoms with Crippen LogP contribution >= 0.6 is 0 Å². The summed E-state index contributed by atoms with van der Waals surface area (Å²) in [6.45, 7) is 1.58. The first-order chi connectivity index (χ1) is 17.0. The third-order valence-electron chi connectivity index (χ3n) is 7.19. The predicted molar refractivity (Wildman–Crippen MR) is 120 cm³/mol. The molecular formula is C26H22F3N2O5-. The van der Waals surface area contributed by atoms with Crippen LogP contribution in [0.4, 0.5) is 18.9 Å². The van der Waals surface area contributed by atoms with E-state index in [1.165, 1.54) is 6.92 Å². The number of hydrogen-bond acceptors (Lipinski definition) is 6. The lowest BCUT2D eigenvalue weighted by Crippen LogP contribution is -2.61. The van der Waals surface area contributed by atoms with Crippen LogP contribution in [0.15, 0.2) is 52.9 Å². The molecule has 6 rings (SSSR count). The molecule has 10 heteroatoms. The second kappa shape index (κ2) is 8.48. The van der Waals surface area contributed by atoms with Gasteiger partial charge in [-0.05, 0) is 54.5 Å². The lowest BCUT2D eigenvalue weighted by Gasteiger charge is -2.53. The first-order valence-corrected chi connectivity index (χ1v) is 11.4. The van der Waals surface area contributed by atoms with Crippen molar-refractivity contribution in [3.05, 3.63) is 71.4 Å². The van der Waals surface area contributed by atoms with Crippen LogP contribution in [0.5, 0.6) is 0 Å². The number of ether oxygens (including phenoxy) is 1. The molecule has 0 spiro atoms. The van der Waals surface area contributed by atoms with Crippen LogP contribution in [0, 0.1) is 6.92 Å². The Hall–Kier alpha value is -3.66. The number of carbonyl (C=O) groups excluding carboxylic acids is 2. The van der Waals surface area contributed by atoms with E-state index >= 15 is 0 Å². The molecule has 3 aliphatic rings. The van der Waals surface area contributed by atoms with Gasteiger partial charge in [-0.25, -0.2) is 4.98 Å². The minimum Gasteiger partial charge on any atom is -0.547 e. The summed E-state index contributed by atoms with van der Waals surface area (Å²) in [5.74, 6) is -3.83. The number of carbonyl (C=O) groups is 2. The van der Waals surface area contributed by atoms with Crippen molar-refractivity contribution >= 4 is 17.6 Å². The highest BCUT2D eigenvalue weighted by atomic mass is 19.4. The molecule has 7 nitrogen and oxygen atoms in total. The molecule has 1 N–H and O–H groups in total. The number of benzene rings is 2. The number of aliphatic carboxylic acids is 1. The topological polar surface area (TPSA) is 104 Å². The Morgan fingerprint density at radius 1 is 0.972 bits per heavy atom. The maximum absolute atomic E-state index is 13.1. The third-order valence-corrected chi connectivity index (χ3v) is 7.19. The number of carboxylic acid groups (broad SMARTS) is 1. The van der Waals surface area contributed by atoms with Gasteiger partial charge < -0.3 is 24.4 Å². The number of amides is 1. The zero-order chi connectivity index (χ0) is 25.7. The Morgan fingerprint density at radius 2 is 1.56 bits per heavy atom. The van der Waals surface area contributed by atoms with Crippen LogP contribution in [-0.4, -0.2) is 29.1 Å². The van der Waals surface area contributed by atoms with Crippen molar-refractivity contribution < 1.29 is 37.0 Å². The average molecular weight is 499 g/mol. The molecule has 188 valence electrons. The van der Waals surface area contributed by atoms with Crippen molar-refractivity contribution in [3.63, 3.8) is 0 Å². The van der Waals surface area contributed by atoms with Crippen LogP contribution in [0.1, 0.15) is 53.4 Å². The van der Waals surface area contributed by atoms with Crippen LogP contribution in [0.3, 0.4) is 0 Å². The Labute approximate surface area is 204 Å². The van der Waals surface area contributed by atoms with E-state index in [-0.39, 0.29) is 11.3 Å². The Balaban J connectivity index is 1.28. The van der Waals surface area contributed by atoms with E-state index in [9.17, 15) is 27.9 Å². The largest absolute Gasteiger partial charge is 0.547 e. The van der Waals surface area contributed by atoms with E-state index in [1.807, 2.05) is 24.3 Å². The van der Waals surface area contributed by atoms with Gasteiger partial charge in [-0.3, -0.25) is 4.79 Å². The highest BCUT2D eigenvalue weighted by molar-refractivity contribution is 6.03. The maximum atomic E-state index is 13.1. The van der Waals surface area contributed by atoms with Gasteiger partial charge in [0.25, 0.3) is 5.91 Å². The minimum absolute atomic E-state index is 0.210. The Morgan fingerprint density at radius 3 is 2.06 bits per heavy atom. The smallest absolute Gasteiger partial charge is 0.452 e. The summed E-state index contributed by atoms with van der Waals surface area (Å²) in [5.41, 5.74) is 0.987. The lowest BCUT2D eigenvalue weighted by atomic mass is 9.63. The molecule has 1 aliphatic carbocycles. The van der Waals surface area contributed by atoms with Crippen molar-refractivity contribution in [3.8, 4) is 11.1 Å². The number of anilines is 1. The molecule has 0 unspecified atom stereocenters. The molecular weight excluding hydrogens is 477 g/mol. The number of nitrogens with one attached hydrogen (secondary N) is 1. The molecule has 3 heterocycles. The standard InChI is InChI=1S/C26H23F3N2O5/c1-15-30-20(21(36-15)26(27,28)29)22(32)31-19-8-4-17(5-9-19)16-2-6-18(7-3-16)24-10-12-25(13-11-24,23(33)34)35-14-24/h2-9H,10-14H2,1H3,(H,31,32)(H,33,34)/p-1. The number of oxazole rings is 1. The number of nitrogens with zero attached hydrogens (tertiary/aromatic N) is 1. The fraction of sp³-hybridized carbons (Fsp3) is 0.346. The van der Waals surface area contributed by atoms with Crippen LogP contribution in [0.25, 0.3) is 11.1 Å². The zero-order valence-corrected chi connectivity index (χ0v) is 19.3. The van der Waals surface area contributed by atoms with Gasteiger partial charge in [-0.1, -0.05) is 36.4 Å². The molecule has 2 aliphatic heterocycles. The fourth-order valence-electron chi connectivity index (χ4n) is 5.06. The van der Waals surface area contributed by atoms with Crippen molar-refractivity contribution in [2.75, 3.05) is 11.9 Å². The number of halogens is 3. The molecule has 2 saturated heterocycles. The molecule has 36 heavy (non-hydrogen) atoms. The number of aryl methyl sites for hydroxylation is 1. The summed E-state index contributed by atoms with van der Waals surface area (Å²) < 4.78 is 49.6. The summed E-state index contributed by atoms with van der Waals surface area (Å²) in [6.07, 6.45) is -2.53. The Bertz CT molecular complexity index is 1290. The van der Waals surface area contributed by atoms with E-state index < -0.39 is 35.1 Å². The highest BCUT2D eigenvalue weighted by Gasteiger charge is 2.51. The summed E-state index contributed by atoms with van der Waals surface area (Å²) >= 11 is 0. The number of aromatic nitrogens is 1. The third kappa shape index (κ3) is 4.15. The van der Waals surface area contributed by atoms with Gasteiger partial charge in [0.15, 0.2) is 11.6 Å². The fourth-order valence-corrected chi connectivity index (χ4v) is 5.06. The number of hydrogen-bond donors (Lipinski definition) is 1. The molecule has 3 aromatic rings. The first-order valence-electron chi connectivity index (χ1n) is 11.4. The van der Waals surface area contributed by atoms with Crippen molar-refractivity contribution in [1.29, 1.82) is 0 Å². The van der Waals surface area contributed by atoms with Gasteiger partial charge in [0.1, 0.15) is 5.60 Å². The Kier molecular flexibility index (Phi) is 5.66. The molecule has 2 bridgehead atoms.